The van der Waals surface area contributed by atoms with Crippen LogP contribution >= 0.6 is 12.4 Å². The Balaban J connectivity index is 0.00000264. The summed E-state index contributed by atoms with van der Waals surface area (Å²) >= 11 is 0. The Morgan fingerprint density at radius 3 is 2.26 bits per heavy atom. The Hall–Kier alpha value is -1.59. The molecule has 3 N–H and O–H groups in total. The Morgan fingerprint density at radius 1 is 1.17 bits per heavy atom. The molecule has 0 aromatic heterocycles. The van der Waals surface area contributed by atoms with E-state index in [1.807, 2.05) is 29.2 Å². The van der Waals surface area contributed by atoms with E-state index in [9.17, 15) is 9.59 Å². The first-order chi connectivity index (χ1) is 10.4. The third kappa shape index (κ3) is 5.84. The van der Waals surface area contributed by atoms with Gasteiger partial charge in [-0.05, 0) is 50.8 Å². The van der Waals surface area contributed by atoms with Crippen molar-refractivity contribution < 1.29 is 9.59 Å². The molecule has 128 valence electrons. The molecule has 1 aliphatic heterocycles. The van der Waals surface area contributed by atoms with Crippen LogP contribution in [0.3, 0.4) is 0 Å². The number of halogens is 1. The van der Waals surface area contributed by atoms with E-state index in [4.69, 9.17) is 5.73 Å². The molecule has 1 heterocycles. The molecular weight excluding hydrogens is 314 g/mol. The van der Waals surface area contributed by atoms with Crippen LogP contribution < -0.4 is 11.1 Å². The van der Waals surface area contributed by atoms with Crippen LogP contribution in [0.2, 0.25) is 0 Å². The molecule has 0 bridgehead atoms. The first-order valence-corrected chi connectivity index (χ1v) is 7.83. The molecule has 0 saturated carbocycles. The normalized spacial score (nSPS) is 14.3. The molecular formula is C17H26ClN3O2. The highest BCUT2D eigenvalue weighted by molar-refractivity contribution is 5.97. The van der Waals surface area contributed by atoms with Gasteiger partial charge in [0, 0.05) is 25.2 Å². The second-order valence-corrected chi connectivity index (χ2v) is 6.46. The maximum Gasteiger partial charge on any atom is 0.243 e. The Morgan fingerprint density at radius 2 is 1.74 bits per heavy atom. The molecule has 1 aromatic carbocycles. The van der Waals surface area contributed by atoms with Crippen molar-refractivity contribution in [2.24, 2.45) is 5.73 Å². The highest BCUT2D eigenvalue weighted by Gasteiger charge is 2.21. The Kier molecular flexibility index (Phi) is 7.03. The predicted octanol–water partition coefficient (Wildman–Crippen LogP) is 2.34. The molecule has 5 nitrogen and oxygen atoms in total. The summed E-state index contributed by atoms with van der Waals surface area (Å²) in [6.45, 7) is 5.14. The first-order valence-electron chi connectivity index (χ1n) is 7.83. The fourth-order valence-corrected chi connectivity index (χ4v) is 2.42. The summed E-state index contributed by atoms with van der Waals surface area (Å²) < 4.78 is 0. The number of carbonyl (C=O) groups excluding carboxylic acids is 2. The molecule has 1 fully saturated rings. The molecule has 0 spiro atoms. The van der Waals surface area contributed by atoms with Gasteiger partial charge in [-0.1, -0.05) is 12.1 Å². The maximum absolute atomic E-state index is 12.0. The highest BCUT2D eigenvalue weighted by atomic mass is 35.5. The van der Waals surface area contributed by atoms with E-state index < -0.39 is 5.54 Å². The van der Waals surface area contributed by atoms with E-state index in [1.54, 1.807) is 13.8 Å². The monoisotopic (exact) mass is 339 g/mol. The van der Waals surface area contributed by atoms with Crippen LogP contribution in [0.25, 0.3) is 0 Å². The van der Waals surface area contributed by atoms with E-state index in [0.717, 1.165) is 43.6 Å². The number of hydrogen-bond acceptors (Lipinski definition) is 3. The molecule has 0 atom stereocenters. The standard InChI is InChI=1S/C17H25N3O2.ClH/c1-17(2,18)16(22)19-14-8-5-13(6-9-14)7-10-15(21)20-11-3-4-12-20;/h5-6,8-9H,3-4,7,10-12,18H2,1-2H3,(H,19,22);1H. The Labute approximate surface area is 144 Å². The minimum atomic E-state index is -0.902. The molecule has 1 saturated heterocycles. The topological polar surface area (TPSA) is 75.4 Å². The number of nitrogens with one attached hydrogen (secondary N) is 1. The third-order valence-corrected chi connectivity index (χ3v) is 3.88. The minimum absolute atomic E-state index is 0. The number of nitrogens with two attached hydrogens (primary N) is 1. The number of aryl methyl sites for hydroxylation is 1. The fraction of sp³-hybridized carbons (Fsp3) is 0.529. The lowest BCUT2D eigenvalue weighted by molar-refractivity contribution is -0.130. The van der Waals surface area contributed by atoms with Gasteiger partial charge in [0.1, 0.15) is 0 Å². The largest absolute Gasteiger partial charge is 0.343 e. The lowest BCUT2D eigenvalue weighted by atomic mass is 10.1. The van der Waals surface area contributed by atoms with Crippen molar-refractivity contribution >= 4 is 29.9 Å². The van der Waals surface area contributed by atoms with Crippen LogP contribution in [0.4, 0.5) is 5.69 Å². The summed E-state index contributed by atoms with van der Waals surface area (Å²) in [7, 11) is 0. The van der Waals surface area contributed by atoms with Crippen LogP contribution in [-0.4, -0.2) is 35.3 Å². The number of likely N-dealkylation sites (tertiary alicyclic amines) is 1. The van der Waals surface area contributed by atoms with Crippen LogP contribution in [0.15, 0.2) is 24.3 Å². The zero-order valence-electron chi connectivity index (χ0n) is 13.8. The summed E-state index contributed by atoms with van der Waals surface area (Å²) in [5.41, 5.74) is 6.66. The SMILES string of the molecule is CC(C)(N)C(=O)Nc1ccc(CCC(=O)N2CCCC2)cc1.Cl. The molecule has 2 rings (SSSR count). The second kappa shape index (κ2) is 8.31. The van der Waals surface area contributed by atoms with Crippen LogP contribution in [0.5, 0.6) is 0 Å². The summed E-state index contributed by atoms with van der Waals surface area (Å²) in [4.78, 5) is 25.7. The minimum Gasteiger partial charge on any atom is -0.343 e. The summed E-state index contributed by atoms with van der Waals surface area (Å²) in [5, 5.41) is 2.78. The summed E-state index contributed by atoms with van der Waals surface area (Å²) in [6.07, 6.45) is 3.52. The van der Waals surface area contributed by atoms with Gasteiger partial charge < -0.3 is 16.0 Å². The van der Waals surface area contributed by atoms with E-state index in [0.29, 0.717) is 6.42 Å². The number of amides is 2. The van der Waals surface area contributed by atoms with Crippen molar-refractivity contribution in [3.63, 3.8) is 0 Å². The molecule has 0 unspecified atom stereocenters. The number of anilines is 1. The van der Waals surface area contributed by atoms with Gasteiger partial charge in [0.15, 0.2) is 0 Å². The van der Waals surface area contributed by atoms with Gasteiger partial charge in [-0.15, -0.1) is 12.4 Å². The van der Waals surface area contributed by atoms with Crippen molar-refractivity contribution in [1.29, 1.82) is 0 Å². The fourth-order valence-electron chi connectivity index (χ4n) is 2.42. The van der Waals surface area contributed by atoms with E-state index in [2.05, 4.69) is 5.32 Å². The molecule has 6 heteroatoms. The smallest absolute Gasteiger partial charge is 0.243 e. The Bertz CT molecular complexity index is 532. The molecule has 23 heavy (non-hydrogen) atoms. The maximum atomic E-state index is 12.0. The van der Waals surface area contributed by atoms with Gasteiger partial charge in [-0.3, -0.25) is 9.59 Å². The van der Waals surface area contributed by atoms with Crippen LogP contribution in [0.1, 0.15) is 38.7 Å². The third-order valence-electron chi connectivity index (χ3n) is 3.88. The predicted molar refractivity (Wildman–Crippen MR) is 94.7 cm³/mol. The second-order valence-electron chi connectivity index (χ2n) is 6.46. The van der Waals surface area contributed by atoms with Crippen molar-refractivity contribution in [2.45, 2.75) is 45.1 Å². The number of benzene rings is 1. The number of nitrogens with zero attached hydrogens (tertiary/aromatic N) is 1. The van der Waals surface area contributed by atoms with E-state index in [-0.39, 0.29) is 24.2 Å². The quantitative estimate of drug-likeness (QED) is 0.864. The van der Waals surface area contributed by atoms with E-state index in [1.165, 1.54) is 0 Å². The van der Waals surface area contributed by atoms with Crippen molar-refractivity contribution in [3.05, 3.63) is 29.8 Å². The number of rotatable bonds is 5. The van der Waals surface area contributed by atoms with Gasteiger partial charge >= 0.3 is 0 Å². The van der Waals surface area contributed by atoms with Crippen LogP contribution in [-0.2, 0) is 16.0 Å². The van der Waals surface area contributed by atoms with Gasteiger partial charge in [0.05, 0.1) is 5.54 Å². The molecule has 0 radical (unpaired) electrons. The zero-order chi connectivity index (χ0) is 16.2. The number of carbonyl (C=O) groups is 2. The zero-order valence-corrected chi connectivity index (χ0v) is 14.6. The molecule has 2 amide bonds. The van der Waals surface area contributed by atoms with Gasteiger partial charge in [0.25, 0.3) is 0 Å². The van der Waals surface area contributed by atoms with Gasteiger partial charge in [-0.25, -0.2) is 0 Å². The van der Waals surface area contributed by atoms with Crippen molar-refractivity contribution in [1.82, 2.24) is 4.90 Å². The molecule has 1 aliphatic rings. The van der Waals surface area contributed by atoms with Crippen molar-refractivity contribution in [2.75, 3.05) is 18.4 Å². The summed E-state index contributed by atoms with van der Waals surface area (Å²) in [5.74, 6) is 0.0178. The molecule has 1 aromatic rings. The van der Waals surface area contributed by atoms with Crippen LogP contribution in [0, 0.1) is 0 Å². The average molecular weight is 340 g/mol. The van der Waals surface area contributed by atoms with Gasteiger partial charge in [-0.2, -0.15) is 0 Å². The summed E-state index contributed by atoms with van der Waals surface area (Å²) in [6, 6.07) is 7.57. The highest BCUT2D eigenvalue weighted by Crippen LogP contribution is 2.14. The molecule has 0 aliphatic carbocycles. The lowest BCUT2D eigenvalue weighted by Crippen LogP contribution is -2.45. The lowest BCUT2D eigenvalue weighted by Gasteiger charge is -2.18. The van der Waals surface area contributed by atoms with E-state index >= 15 is 0 Å². The first kappa shape index (κ1) is 19.5. The van der Waals surface area contributed by atoms with Gasteiger partial charge in [0.2, 0.25) is 11.8 Å². The van der Waals surface area contributed by atoms with Crippen molar-refractivity contribution in [3.8, 4) is 0 Å². The number of hydrogen-bond donors (Lipinski definition) is 2. The average Bonchev–Trinajstić information content (AvgIpc) is 2.99.